The van der Waals surface area contributed by atoms with E-state index in [1.54, 1.807) is 30.3 Å². The highest BCUT2D eigenvalue weighted by molar-refractivity contribution is 6.30. The van der Waals surface area contributed by atoms with Crippen molar-refractivity contribution in [2.24, 2.45) is 0 Å². The quantitative estimate of drug-likeness (QED) is 0.835. The van der Waals surface area contributed by atoms with Gasteiger partial charge in [0.05, 0.1) is 6.04 Å². The van der Waals surface area contributed by atoms with Gasteiger partial charge in [0.1, 0.15) is 5.82 Å². The summed E-state index contributed by atoms with van der Waals surface area (Å²) in [7, 11) is 0. The number of benzene rings is 2. The van der Waals surface area contributed by atoms with E-state index in [2.05, 4.69) is 5.32 Å². The van der Waals surface area contributed by atoms with Crippen LogP contribution >= 0.6 is 11.6 Å². The molecule has 2 aromatic rings. The highest BCUT2D eigenvalue weighted by atomic mass is 35.5. The summed E-state index contributed by atoms with van der Waals surface area (Å²) in [6.45, 7) is 1.87. The van der Waals surface area contributed by atoms with Crippen LogP contribution in [0.2, 0.25) is 5.02 Å². The summed E-state index contributed by atoms with van der Waals surface area (Å²) in [5.74, 6) is -0.631. The van der Waals surface area contributed by atoms with Gasteiger partial charge in [0, 0.05) is 16.7 Å². The number of amides is 1. The Morgan fingerprint density at radius 1 is 1.19 bits per heavy atom. The highest BCUT2D eigenvalue weighted by Gasteiger charge is 2.07. The smallest absolute Gasteiger partial charge is 0.244 e. The number of hydrogen-bond donors (Lipinski definition) is 1. The standard InChI is InChI=1S/C17H15ClFNO/c1-12(13-6-9-15(18)10-7-13)20-17(21)11-8-14-4-2-3-5-16(14)19/h2-12H,1H3,(H,20,21)/b11-8+/t12-/m1/s1. The van der Waals surface area contributed by atoms with Crippen LogP contribution in [0, 0.1) is 5.82 Å². The van der Waals surface area contributed by atoms with Crippen LogP contribution in [0.5, 0.6) is 0 Å². The van der Waals surface area contributed by atoms with Gasteiger partial charge in [0.15, 0.2) is 0 Å². The Morgan fingerprint density at radius 2 is 1.86 bits per heavy atom. The molecule has 1 atom stereocenters. The van der Waals surface area contributed by atoms with E-state index in [0.29, 0.717) is 10.6 Å². The Hall–Kier alpha value is -2.13. The first-order valence-electron chi connectivity index (χ1n) is 6.55. The lowest BCUT2D eigenvalue weighted by Gasteiger charge is -2.12. The second kappa shape index (κ2) is 7.04. The van der Waals surface area contributed by atoms with Crippen molar-refractivity contribution in [1.29, 1.82) is 0 Å². The van der Waals surface area contributed by atoms with E-state index >= 15 is 0 Å². The highest BCUT2D eigenvalue weighted by Crippen LogP contribution is 2.16. The molecule has 2 aromatic carbocycles. The zero-order chi connectivity index (χ0) is 15.2. The van der Waals surface area contributed by atoms with Crippen molar-refractivity contribution in [1.82, 2.24) is 5.32 Å². The van der Waals surface area contributed by atoms with Crippen molar-refractivity contribution in [3.05, 3.63) is 76.6 Å². The number of rotatable bonds is 4. The van der Waals surface area contributed by atoms with E-state index < -0.39 is 0 Å². The molecule has 0 bridgehead atoms. The van der Waals surface area contributed by atoms with Gasteiger partial charge in [-0.25, -0.2) is 4.39 Å². The van der Waals surface area contributed by atoms with Crippen molar-refractivity contribution < 1.29 is 9.18 Å². The molecule has 1 N–H and O–H groups in total. The molecule has 0 heterocycles. The number of halogens is 2. The van der Waals surface area contributed by atoms with Gasteiger partial charge in [-0.05, 0) is 36.8 Å². The van der Waals surface area contributed by atoms with Crippen molar-refractivity contribution in [3.63, 3.8) is 0 Å². The fraction of sp³-hybridized carbons (Fsp3) is 0.118. The summed E-state index contributed by atoms with van der Waals surface area (Å²) in [5, 5.41) is 3.46. The predicted octanol–water partition coefficient (Wildman–Crippen LogP) is 4.37. The number of carbonyl (C=O) groups excluding carboxylic acids is 1. The molecule has 0 radical (unpaired) electrons. The second-order valence-electron chi connectivity index (χ2n) is 4.64. The third-order valence-corrected chi connectivity index (χ3v) is 3.30. The summed E-state index contributed by atoms with van der Waals surface area (Å²) in [6.07, 6.45) is 2.78. The molecule has 108 valence electrons. The monoisotopic (exact) mass is 303 g/mol. The van der Waals surface area contributed by atoms with Gasteiger partial charge in [-0.1, -0.05) is 41.9 Å². The summed E-state index contributed by atoms with van der Waals surface area (Å²) in [4.78, 5) is 11.8. The Labute approximate surface area is 128 Å². The van der Waals surface area contributed by atoms with Gasteiger partial charge in [-0.15, -0.1) is 0 Å². The van der Waals surface area contributed by atoms with E-state index in [1.165, 1.54) is 18.2 Å². The molecule has 2 nitrogen and oxygen atoms in total. The maximum absolute atomic E-state index is 13.4. The van der Waals surface area contributed by atoms with E-state index in [1.807, 2.05) is 19.1 Å². The molecule has 2 rings (SSSR count). The van der Waals surface area contributed by atoms with Gasteiger partial charge in [0.2, 0.25) is 5.91 Å². The molecule has 0 spiro atoms. The molecule has 0 aromatic heterocycles. The molecular weight excluding hydrogens is 289 g/mol. The van der Waals surface area contributed by atoms with Crippen LogP contribution in [0.15, 0.2) is 54.6 Å². The zero-order valence-electron chi connectivity index (χ0n) is 11.5. The van der Waals surface area contributed by atoms with Gasteiger partial charge in [-0.2, -0.15) is 0 Å². The first-order chi connectivity index (χ1) is 10.1. The zero-order valence-corrected chi connectivity index (χ0v) is 12.3. The minimum Gasteiger partial charge on any atom is -0.346 e. The van der Waals surface area contributed by atoms with Crippen molar-refractivity contribution in [2.75, 3.05) is 0 Å². The summed E-state index contributed by atoms with van der Waals surface area (Å²) >= 11 is 5.82. The van der Waals surface area contributed by atoms with Crippen LogP contribution in [0.4, 0.5) is 4.39 Å². The maximum atomic E-state index is 13.4. The predicted molar refractivity (Wildman–Crippen MR) is 83.4 cm³/mol. The molecule has 0 aliphatic carbocycles. The molecule has 1 amide bonds. The third-order valence-electron chi connectivity index (χ3n) is 3.05. The average Bonchev–Trinajstić information content (AvgIpc) is 2.47. The largest absolute Gasteiger partial charge is 0.346 e. The van der Waals surface area contributed by atoms with Gasteiger partial charge in [0.25, 0.3) is 0 Å². The summed E-state index contributed by atoms with van der Waals surface area (Å²) < 4.78 is 13.4. The van der Waals surface area contributed by atoms with Crippen molar-refractivity contribution in [3.8, 4) is 0 Å². The molecule has 4 heteroatoms. The van der Waals surface area contributed by atoms with E-state index in [0.717, 1.165) is 5.56 Å². The number of carbonyl (C=O) groups is 1. The van der Waals surface area contributed by atoms with E-state index in [4.69, 9.17) is 11.6 Å². The number of nitrogens with one attached hydrogen (secondary N) is 1. The van der Waals surface area contributed by atoms with Crippen LogP contribution < -0.4 is 5.32 Å². The lowest BCUT2D eigenvalue weighted by Crippen LogP contribution is -2.24. The third kappa shape index (κ3) is 4.43. The van der Waals surface area contributed by atoms with Crippen LogP contribution in [-0.4, -0.2) is 5.91 Å². The molecule has 0 aliphatic heterocycles. The van der Waals surface area contributed by atoms with Gasteiger partial charge >= 0.3 is 0 Å². The molecule has 0 saturated carbocycles. The van der Waals surface area contributed by atoms with Crippen LogP contribution in [-0.2, 0) is 4.79 Å². The van der Waals surface area contributed by atoms with Crippen LogP contribution in [0.3, 0.4) is 0 Å². The molecule has 0 saturated heterocycles. The Balaban J connectivity index is 1.98. The first kappa shape index (κ1) is 15.3. The van der Waals surface area contributed by atoms with Gasteiger partial charge in [-0.3, -0.25) is 4.79 Å². The second-order valence-corrected chi connectivity index (χ2v) is 5.07. The van der Waals surface area contributed by atoms with Crippen molar-refractivity contribution >= 4 is 23.6 Å². The lowest BCUT2D eigenvalue weighted by atomic mass is 10.1. The Kier molecular flexibility index (Phi) is 5.12. The molecule has 0 aliphatic rings. The molecule has 0 fully saturated rings. The molecular formula is C17H15ClFNO. The fourth-order valence-corrected chi connectivity index (χ4v) is 2.00. The minimum absolute atomic E-state index is 0.153. The summed E-state index contributed by atoms with van der Waals surface area (Å²) in [5.41, 5.74) is 1.33. The minimum atomic E-state index is -0.354. The number of hydrogen-bond acceptors (Lipinski definition) is 1. The molecule has 21 heavy (non-hydrogen) atoms. The SMILES string of the molecule is C[C@@H](NC(=O)/C=C/c1ccccc1F)c1ccc(Cl)cc1. The topological polar surface area (TPSA) is 29.1 Å². The fourth-order valence-electron chi connectivity index (χ4n) is 1.87. The summed E-state index contributed by atoms with van der Waals surface area (Å²) in [6, 6.07) is 13.4. The first-order valence-corrected chi connectivity index (χ1v) is 6.92. The Morgan fingerprint density at radius 3 is 2.52 bits per heavy atom. The van der Waals surface area contributed by atoms with Crippen molar-refractivity contribution in [2.45, 2.75) is 13.0 Å². The maximum Gasteiger partial charge on any atom is 0.244 e. The van der Waals surface area contributed by atoms with Crippen LogP contribution in [0.25, 0.3) is 6.08 Å². The van der Waals surface area contributed by atoms with Crippen LogP contribution in [0.1, 0.15) is 24.1 Å². The van der Waals surface area contributed by atoms with E-state index in [9.17, 15) is 9.18 Å². The Bertz CT molecular complexity index is 652. The van der Waals surface area contributed by atoms with Gasteiger partial charge < -0.3 is 5.32 Å². The normalized spacial score (nSPS) is 12.3. The van der Waals surface area contributed by atoms with E-state index in [-0.39, 0.29) is 17.8 Å². The molecule has 0 unspecified atom stereocenters. The lowest BCUT2D eigenvalue weighted by molar-refractivity contribution is -0.117. The average molecular weight is 304 g/mol.